The van der Waals surface area contributed by atoms with Crippen LogP contribution in [0.4, 0.5) is 4.39 Å². The Morgan fingerprint density at radius 3 is 2.76 bits per heavy atom. The monoisotopic (exact) mass is 399 g/mol. The highest BCUT2D eigenvalue weighted by Gasteiger charge is 2.34. The van der Waals surface area contributed by atoms with Crippen LogP contribution in [0.25, 0.3) is 0 Å². The van der Waals surface area contributed by atoms with Crippen molar-refractivity contribution in [1.29, 1.82) is 0 Å². The van der Waals surface area contributed by atoms with Gasteiger partial charge in [-0.25, -0.2) is 4.39 Å². The molecule has 158 valence electrons. The second-order valence-electron chi connectivity index (χ2n) is 8.21. The summed E-state index contributed by atoms with van der Waals surface area (Å²) in [4.78, 5) is 8.51. The number of aryl methyl sites for hydroxylation is 2. The molecule has 1 N–H and O–H groups in total. The maximum atomic E-state index is 13.5. The van der Waals surface area contributed by atoms with E-state index in [4.69, 9.17) is 4.74 Å². The normalized spacial score (nSPS) is 15.7. The highest BCUT2D eigenvalue weighted by molar-refractivity contribution is 5.15. The Labute approximate surface area is 174 Å². The molecule has 1 aliphatic carbocycles. The van der Waals surface area contributed by atoms with Crippen LogP contribution in [0.5, 0.6) is 0 Å². The fourth-order valence-electron chi connectivity index (χ4n) is 4.08. The largest absolute Gasteiger partial charge is 0.375 e. The lowest BCUT2D eigenvalue weighted by Crippen LogP contribution is -2.30. The Morgan fingerprint density at radius 1 is 1.14 bits per heavy atom. The summed E-state index contributed by atoms with van der Waals surface area (Å²) in [5.41, 5.74) is 2.58. The Bertz CT molecular complexity index is 732. The van der Waals surface area contributed by atoms with E-state index in [2.05, 4.69) is 27.4 Å². The molecule has 0 amide bonds. The zero-order chi connectivity index (χ0) is 20.4. The number of rotatable bonds is 12. The molecule has 0 aromatic carbocycles. The molecule has 29 heavy (non-hydrogen) atoms. The molecule has 0 aliphatic heterocycles. The first-order chi connectivity index (χ1) is 14.2. The standard InChI is InChI=1S/C24H34FN3O/c1-20-23(25)17-21(19-28-20)18-26-14-6-2-8-16-29-24(11-4-5-12-24)13-10-22-9-3-7-15-27-22/h3,7,9,15,17,19,26H,2,4-6,8,10-14,16,18H2,1H3. The maximum absolute atomic E-state index is 13.5. The van der Waals surface area contributed by atoms with Gasteiger partial charge >= 0.3 is 0 Å². The van der Waals surface area contributed by atoms with E-state index in [1.165, 1.54) is 25.7 Å². The molecule has 1 saturated carbocycles. The van der Waals surface area contributed by atoms with Crippen LogP contribution in [0.15, 0.2) is 36.7 Å². The first-order valence-electron chi connectivity index (χ1n) is 11.0. The van der Waals surface area contributed by atoms with Crippen LogP contribution >= 0.6 is 0 Å². The van der Waals surface area contributed by atoms with E-state index in [1.807, 2.05) is 12.3 Å². The van der Waals surface area contributed by atoms with Gasteiger partial charge < -0.3 is 10.1 Å². The quantitative estimate of drug-likeness (QED) is 0.502. The maximum Gasteiger partial charge on any atom is 0.144 e. The van der Waals surface area contributed by atoms with Crippen molar-refractivity contribution in [2.75, 3.05) is 13.2 Å². The first-order valence-corrected chi connectivity index (χ1v) is 11.0. The van der Waals surface area contributed by atoms with Crippen molar-refractivity contribution in [2.45, 2.75) is 76.9 Å². The molecule has 0 atom stereocenters. The van der Waals surface area contributed by atoms with E-state index in [-0.39, 0.29) is 11.4 Å². The van der Waals surface area contributed by atoms with Crippen LogP contribution in [0, 0.1) is 12.7 Å². The highest BCUT2D eigenvalue weighted by atomic mass is 19.1. The molecule has 0 unspecified atom stereocenters. The lowest BCUT2D eigenvalue weighted by atomic mass is 9.94. The second kappa shape index (κ2) is 11.4. The van der Waals surface area contributed by atoms with Crippen LogP contribution in [0.1, 0.15) is 68.3 Å². The molecule has 0 bridgehead atoms. The molecule has 4 nitrogen and oxygen atoms in total. The molecule has 1 aliphatic rings. The predicted octanol–water partition coefficient (Wildman–Crippen LogP) is 5.15. The average Bonchev–Trinajstić information content (AvgIpc) is 3.21. The van der Waals surface area contributed by atoms with Crippen LogP contribution in [-0.4, -0.2) is 28.7 Å². The van der Waals surface area contributed by atoms with Gasteiger partial charge in [0.15, 0.2) is 0 Å². The van der Waals surface area contributed by atoms with E-state index in [0.717, 1.165) is 56.5 Å². The minimum atomic E-state index is -0.231. The van der Waals surface area contributed by atoms with Gasteiger partial charge in [-0.2, -0.15) is 0 Å². The van der Waals surface area contributed by atoms with Gasteiger partial charge in [0.25, 0.3) is 0 Å². The Kier molecular flexibility index (Phi) is 8.56. The van der Waals surface area contributed by atoms with Crippen molar-refractivity contribution < 1.29 is 9.13 Å². The third kappa shape index (κ3) is 7.16. The summed E-state index contributed by atoms with van der Waals surface area (Å²) >= 11 is 0. The van der Waals surface area contributed by atoms with E-state index in [0.29, 0.717) is 12.2 Å². The predicted molar refractivity (Wildman–Crippen MR) is 114 cm³/mol. The number of hydrogen-bond acceptors (Lipinski definition) is 4. The summed E-state index contributed by atoms with van der Waals surface area (Å²) in [6.07, 6.45) is 13.9. The number of aromatic nitrogens is 2. The molecule has 2 heterocycles. The van der Waals surface area contributed by atoms with Gasteiger partial charge in [0.05, 0.1) is 11.3 Å². The fourth-order valence-corrected chi connectivity index (χ4v) is 4.08. The molecule has 0 spiro atoms. The van der Waals surface area contributed by atoms with Crippen LogP contribution in [0.2, 0.25) is 0 Å². The molecule has 2 aromatic heterocycles. The minimum Gasteiger partial charge on any atom is -0.375 e. The molecule has 5 heteroatoms. The summed E-state index contributed by atoms with van der Waals surface area (Å²) in [5.74, 6) is -0.231. The van der Waals surface area contributed by atoms with Gasteiger partial charge in [0.1, 0.15) is 5.82 Å². The third-order valence-corrected chi connectivity index (χ3v) is 5.89. The smallest absolute Gasteiger partial charge is 0.144 e. The average molecular weight is 400 g/mol. The van der Waals surface area contributed by atoms with Crippen molar-refractivity contribution in [3.05, 3.63) is 59.4 Å². The Morgan fingerprint density at radius 2 is 2.00 bits per heavy atom. The first kappa shape index (κ1) is 21.8. The van der Waals surface area contributed by atoms with E-state index >= 15 is 0 Å². The number of ether oxygens (including phenoxy) is 1. The highest BCUT2D eigenvalue weighted by Crippen LogP contribution is 2.37. The SMILES string of the molecule is Cc1ncc(CNCCCCCOC2(CCc3ccccn3)CCCC2)cc1F. The molecule has 2 aromatic rings. The van der Waals surface area contributed by atoms with Gasteiger partial charge in [-0.05, 0) is 82.2 Å². The lowest BCUT2D eigenvalue weighted by molar-refractivity contribution is -0.0479. The van der Waals surface area contributed by atoms with Gasteiger partial charge in [-0.15, -0.1) is 0 Å². The van der Waals surface area contributed by atoms with Crippen LogP contribution in [0.3, 0.4) is 0 Å². The minimum absolute atomic E-state index is 0.0677. The fraction of sp³-hybridized carbons (Fsp3) is 0.583. The van der Waals surface area contributed by atoms with Crippen LogP contribution in [-0.2, 0) is 17.7 Å². The number of nitrogens with one attached hydrogen (secondary N) is 1. The molecular weight excluding hydrogens is 365 g/mol. The van der Waals surface area contributed by atoms with E-state index in [1.54, 1.807) is 19.2 Å². The zero-order valence-electron chi connectivity index (χ0n) is 17.6. The van der Waals surface area contributed by atoms with Crippen LogP contribution < -0.4 is 5.32 Å². The van der Waals surface area contributed by atoms with Crippen molar-refractivity contribution in [3.8, 4) is 0 Å². The lowest BCUT2D eigenvalue weighted by Gasteiger charge is -2.29. The summed E-state index contributed by atoms with van der Waals surface area (Å²) in [6.45, 7) is 4.12. The van der Waals surface area contributed by atoms with Crippen molar-refractivity contribution in [2.24, 2.45) is 0 Å². The number of pyridine rings is 2. The number of nitrogens with zero attached hydrogens (tertiary/aromatic N) is 2. The van der Waals surface area contributed by atoms with E-state index in [9.17, 15) is 4.39 Å². The summed E-state index contributed by atoms with van der Waals surface area (Å²) in [6, 6.07) is 7.70. The Balaban J connectivity index is 1.28. The van der Waals surface area contributed by atoms with Gasteiger partial charge in [0, 0.05) is 31.2 Å². The molecule has 1 fully saturated rings. The van der Waals surface area contributed by atoms with E-state index < -0.39 is 0 Å². The topological polar surface area (TPSA) is 47.0 Å². The third-order valence-electron chi connectivity index (χ3n) is 5.89. The van der Waals surface area contributed by atoms with Crippen molar-refractivity contribution >= 4 is 0 Å². The number of unbranched alkanes of at least 4 members (excludes halogenated alkanes) is 2. The summed E-state index contributed by atoms with van der Waals surface area (Å²) in [5, 5.41) is 3.37. The zero-order valence-corrected chi connectivity index (χ0v) is 17.6. The van der Waals surface area contributed by atoms with Crippen molar-refractivity contribution in [1.82, 2.24) is 15.3 Å². The molecular formula is C24H34FN3O. The second-order valence-corrected chi connectivity index (χ2v) is 8.21. The van der Waals surface area contributed by atoms with Gasteiger partial charge in [-0.3, -0.25) is 9.97 Å². The van der Waals surface area contributed by atoms with Gasteiger partial charge in [-0.1, -0.05) is 18.9 Å². The number of halogens is 1. The molecule has 0 saturated heterocycles. The Hall–Kier alpha value is -1.85. The summed E-state index contributed by atoms with van der Waals surface area (Å²) < 4.78 is 19.9. The number of hydrogen-bond donors (Lipinski definition) is 1. The van der Waals surface area contributed by atoms with Gasteiger partial charge in [0.2, 0.25) is 0 Å². The summed E-state index contributed by atoms with van der Waals surface area (Å²) in [7, 11) is 0. The van der Waals surface area contributed by atoms with Crippen molar-refractivity contribution in [3.63, 3.8) is 0 Å². The molecule has 0 radical (unpaired) electrons. The molecule has 3 rings (SSSR count).